The van der Waals surface area contributed by atoms with Crippen LogP contribution in [0.25, 0.3) is 11.1 Å². The minimum Gasteiger partial charge on any atom is -0.207 e. The largest absolute Gasteiger partial charge is 0.207 e. The first kappa shape index (κ1) is 12.8. The Balaban J connectivity index is 2.46. The lowest BCUT2D eigenvalue weighted by Crippen LogP contribution is -1.93. The lowest BCUT2D eigenvalue weighted by molar-refractivity contribution is 0.619. The van der Waals surface area contributed by atoms with Crippen LogP contribution in [0.5, 0.6) is 0 Å². The molecule has 0 spiro atoms. The smallest absolute Gasteiger partial charge is 0.126 e. The Morgan fingerprint density at radius 1 is 0.944 bits per heavy atom. The van der Waals surface area contributed by atoms with Crippen molar-refractivity contribution < 1.29 is 4.39 Å². The zero-order valence-electron chi connectivity index (χ0n) is 11.0. The van der Waals surface area contributed by atoms with E-state index in [1.165, 1.54) is 30.0 Å². The van der Waals surface area contributed by atoms with Gasteiger partial charge in [0.2, 0.25) is 0 Å². The van der Waals surface area contributed by atoms with Gasteiger partial charge in [-0.2, -0.15) is 0 Å². The summed E-state index contributed by atoms with van der Waals surface area (Å²) in [5.74, 6) is -0.127. The highest BCUT2D eigenvalue weighted by molar-refractivity contribution is 5.70. The molecule has 0 aliphatic heterocycles. The minimum atomic E-state index is -0.127. The van der Waals surface area contributed by atoms with Gasteiger partial charge in [-0.15, -0.1) is 0 Å². The normalized spacial score (nSPS) is 10.6. The van der Waals surface area contributed by atoms with Gasteiger partial charge in [-0.05, 0) is 48.1 Å². The van der Waals surface area contributed by atoms with Gasteiger partial charge in [0, 0.05) is 0 Å². The maximum atomic E-state index is 13.6. The van der Waals surface area contributed by atoms with Gasteiger partial charge in [-0.3, -0.25) is 0 Å². The van der Waals surface area contributed by atoms with E-state index in [0.29, 0.717) is 0 Å². The summed E-state index contributed by atoms with van der Waals surface area (Å²) < 4.78 is 13.6. The molecule has 2 rings (SSSR count). The first-order valence-corrected chi connectivity index (χ1v) is 6.57. The van der Waals surface area contributed by atoms with E-state index < -0.39 is 0 Å². The van der Waals surface area contributed by atoms with Crippen molar-refractivity contribution in [2.45, 2.75) is 33.1 Å². The molecule has 0 saturated heterocycles. The number of hydrogen-bond donors (Lipinski definition) is 0. The fourth-order valence-electron chi connectivity index (χ4n) is 2.27. The predicted octanol–water partition coefficient (Wildman–Crippen LogP) is 5.14. The van der Waals surface area contributed by atoms with Gasteiger partial charge in [-0.1, -0.05) is 49.7 Å². The van der Waals surface area contributed by atoms with Crippen LogP contribution in [0.1, 0.15) is 30.9 Å². The van der Waals surface area contributed by atoms with Crippen LogP contribution in [0.3, 0.4) is 0 Å². The second-order valence-corrected chi connectivity index (χ2v) is 4.67. The van der Waals surface area contributed by atoms with Gasteiger partial charge in [0.15, 0.2) is 0 Å². The topological polar surface area (TPSA) is 0 Å². The minimum absolute atomic E-state index is 0.127. The number of hydrogen-bond acceptors (Lipinski definition) is 0. The standard InChI is InChI=1S/C17H19F/c1-3-4-8-14-9-5-6-10-16(14)15-11-7-12-17(18)13(15)2/h5-7,9-12H,3-4,8H2,1-2H3. The molecule has 2 aromatic carbocycles. The highest BCUT2D eigenvalue weighted by Gasteiger charge is 2.09. The molecular formula is C17H19F. The van der Waals surface area contributed by atoms with Crippen molar-refractivity contribution in [3.05, 3.63) is 59.4 Å². The molecule has 0 nitrogen and oxygen atoms in total. The fourth-order valence-corrected chi connectivity index (χ4v) is 2.27. The molecule has 0 atom stereocenters. The average Bonchev–Trinajstić information content (AvgIpc) is 2.40. The predicted molar refractivity (Wildman–Crippen MR) is 75.2 cm³/mol. The lowest BCUT2D eigenvalue weighted by atomic mass is 9.93. The van der Waals surface area contributed by atoms with E-state index in [-0.39, 0.29) is 5.82 Å². The summed E-state index contributed by atoms with van der Waals surface area (Å²) in [7, 11) is 0. The summed E-state index contributed by atoms with van der Waals surface area (Å²) in [4.78, 5) is 0. The Labute approximate surface area is 108 Å². The molecule has 94 valence electrons. The van der Waals surface area contributed by atoms with E-state index in [0.717, 1.165) is 17.5 Å². The van der Waals surface area contributed by atoms with E-state index >= 15 is 0 Å². The van der Waals surface area contributed by atoms with Crippen molar-refractivity contribution >= 4 is 0 Å². The molecule has 0 saturated carbocycles. The fraction of sp³-hybridized carbons (Fsp3) is 0.294. The van der Waals surface area contributed by atoms with Gasteiger partial charge in [-0.25, -0.2) is 4.39 Å². The second kappa shape index (κ2) is 5.81. The summed E-state index contributed by atoms with van der Waals surface area (Å²) in [6.07, 6.45) is 3.41. The highest BCUT2D eigenvalue weighted by atomic mass is 19.1. The second-order valence-electron chi connectivity index (χ2n) is 4.67. The highest BCUT2D eigenvalue weighted by Crippen LogP contribution is 2.29. The number of halogens is 1. The third-order valence-electron chi connectivity index (χ3n) is 3.37. The van der Waals surface area contributed by atoms with E-state index in [4.69, 9.17) is 0 Å². The van der Waals surface area contributed by atoms with Gasteiger partial charge in [0.25, 0.3) is 0 Å². The molecule has 0 aromatic heterocycles. The van der Waals surface area contributed by atoms with Crippen LogP contribution in [0, 0.1) is 12.7 Å². The zero-order chi connectivity index (χ0) is 13.0. The molecule has 0 bridgehead atoms. The van der Waals surface area contributed by atoms with Crippen molar-refractivity contribution in [2.24, 2.45) is 0 Å². The third kappa shape index (κ3) is 2.61. The molecule has 0 heterocycles. The molecule has 0 N–H and O–H groups in total. The van der Waals surface area contributed by atoms with Crippen LogP contribution in [-0.4, -0.2) is 0 Å². The summed E-state index contributed by atoms with van der Waals surface area (Å²) in [6, 6.07) is 13.6. The summed E-state index contributed by atoms with van der Waals surface area (Å²) in [5, 5.41) is 0. The van der Waals surface area contributed by atoms with Crippen LogP contribution < -0.4 is 0 Å². The quantitative estimate of drug-likeness (QED) is 0.696. The van der Waals surface area contributed by atoms with Crippen molar-refractivity contribution in [3.63, 3.8) is 0 Å². The monoisotopic (exact) mass is 242 g/mol. The molecule has 0 radical (unpaired) electrons. The Morgan fingerprint density at radius 2 is 1.67 bits per heavy atom. The van der Waals surface area contributed by atoms with Crippen molar-refractivity contribution in [3.8, 4) is 11.1 Å². The first-order valence-electron chi connectivity index (χ1n) is 6.57. The van der Waals surface area contributed by atoms with Gasteiger partial charge < -0.3 is 0 Å². The Hall–Kier alpha value is -1.63. The van der Waals surface area contributed by atoms with Gasteiger partial charge >= 0.3 is 0 Å². The zero-order valence-corrected chi connectivity index (χ0v) is 11.0. The molecular weight excluding hydrogens is 223 g/mol. The van der Waals surface area contributed by atoms with Crippen molar-refractivity contribution in [1.82, 2.24) is 0 Å². The van der Waals surface area contributed by atoms with Crippen LogP contribution in [0.2, 0.25) is 0 Å². The molecule has 18 heavy (non-hydrogen) atoms. The van der Waals surface area contributed by atoms with Crippen molar-refractivity contribution in [1.29, 1.82) is 0 Å². The lowest BCUT2D eigenvalue weighted by Gasteiger charge is -2.12. The van der Waals surface area contributed by atoms with Crippen LogP contribution >= 0.6 is 0 Å². The summed E-state index contributed by atoms with van der Waals surface area (Å²) in [5.41, 5.74) is 4.24. The summed E-state index contributed by atoms with van der Waals surface area (Å²) >= 11 is 0. The Kier molecular flexibility index (Phi) is 4.14. The molecule has 1 heteroatoms. The molecule has 0 unspecified atom stereocenters. The van der Waals surface area contributed by atoms with E-state index in [9.17, 15) is 4.39 Å². The first-order chi connectivity index (χ1) is 8.74. The van der Waals surface area contributed by atoms with Crippen LogP contribution in [0.4, 0.5) is 4.39 Å². The van der Waals surface area contributed by atoms with E-state index in [2.05, 4.69) is 25.1 Å². The average molecular weight is 242 g/mol. The van der Waals surface area contributed by atoms with E-state index in [1.807, 2.05) is 19.1 Å². The van der Waals surface area contributed by atoms with Gasteiger partial charge in [0.05, 0.1) is 0 Å². The maximum absolute atomic E-state index is 13.6. The SMILES string of the molecule is CCCCc1ccccc1-c1cccc(F)c1C. The van der Waals surface area contributed by atoms with E-state index in [1.54, 1.807) is 6.07 Å². The molecule has 0 amide bonds. The van der Waals surface area contributed by atoms with Crippen molar-refractivity contribution in [2.75, 3.05) is 0 Å². The molecule has 0 aliphatic rings. The Morgan fingerprint density at radius 3 is 2.44 bits per heavy atom. The Bertz CT molecular complexity index is 529. The number of benzene rings is 2. The van der Waals surface area contributed by atoms with Crippen LogP contribution in [0.15, 0.2) is 42.5 Å². The number of unbranched alkanes of at least 4 members (excludes halogenated alkanes) is 1. The maximum Gasteiger partial charge on any atom is 0.126 e. The molecule has 2 aromatic rings. The van der Waals surface area contributed by atoms with Gasteiger partial charge in [0.1, 0.15) is 5.82 Å². The molecule has 0 fully saturated rings. The molecule has 0 aliphatic carbocycles. The number of rotatable bonds is 4. The third-order valence-corrected chi connectivity index (χ3v) is 3.37. The summed E-state index contributed by atoms with van der Waals surface area (Å²) in [6.45, 7) is 4.04. The number of aryl methyl sites for hydroxylation is 1. The van der Waals surface area contributed by atoms with Crippen LogP contribution in [-0.2, 0) is 6.42 Å².